The molecule has 0 aliphatic rings. The minimum atomic E-state index is -0.672. The maximum atomic E-state index is 9.65. The Morgan fingerprint density at radius 3 is 2.21 bits per heavy atom. The Morgan fingerprint density at radius 1 is 1.05 bits per heavy atom. The molecule has 1 unspecified atom stereocenters. The molecule has 0 saturated heterocycles. The molecular weight excluding hydrogens is 232 g/mol. The predicted molar refractivity (Wildman–Crippen MR) is 78.8 cm³/mol. The fourth-order valence-electron chi connectivity index (χ4n) is 2.14. The molecule has 96 valence electrons. The van der Waals surface area contributed by atoms with Crippen molar-refractivity contribution in [3.8, 4) is 6.07 Å². The lowest BCUT2D eigenvalue weighted by atomic mass is 9.88. The monoisotopic (exact) mass is 250 g/mol. The number of hydrogen-bond donors (Lipinski definition) is 1. The Kier molecular flexibility index (Phi) is 3.87. The third-order valence-electron chi connectivity index (χ3n) is 3.40. The molecule has 0 saturated carbocycles. The zero-order valence-corrected chi connectivity index (χ0v) is 11.4. The van der Waals surface area contributed by atoms with Crippen LogP contribution in [0, 0.1) is 18.3 Å². The summed E-state index contributed by atoms with van der Waals surface area (Å²) in [7, 11) is 0. The third kappa shape index (κ3) is 2.77. The van der Waals surface area contributed by atoms with E-state index in [1.54, 1.807) is 0 Å². The summed E-state index contributed by atoms with van der Waals surface area (Å²) in [5.74, 6) is 0. The first-order valence-corrected chi connectivity index (χ1v) is 6.52. The summed E-state index contributed by atoms with van der Waals surface area (Å²) >= 11 is 0. The van der Waals surface area contributed by atoms with Gasteiger partial charge in [0.25, 0.3) is 0 Å². The quantitative estimate of drug-likeness (QED) is 0.881. The van der Waals surface area contributed by atoms with Crippen molar-refractivity contribution in [1.82, 2.24) is 0 Å². The van der Waals surface area contributed by atoms with Gasteiger partial charge in [-0.15, -0.1) is 0 Å². The van der Waals surface area contributed by atoms with Crippen molar-refractivity contribution < 1.29 is 0 Å². The molecule has 0 aromatic heterocycles. The van der Waals surface area contributed by atoms with Crippen molar-refractivity contribution >= 4 is 5.69 Å². The van der Waals surface area contributed by atoms with Crippen molar-refractivity contribution in [1.29, 1.82) is 5.26 Å². The number of rotatable bonds is 4. The highest BCUT2D eigenvalue weighted by molar-refractivity contribution is 5.51. The van der Waals surface area contributed by atoms with Crippen molar-refractivity contribution in [2.24, 2.45) is 0 Å². The summed E-state index contributed by atoms with van der Waals surface area (Å²) < 4.78 is 0. The Labute approximate surface area is 114 Å². The highest BCUT2D eigenvalue weighted by Gasteiger charge is 2.29. The highest BCUT2D eigenvalue weighted by Crippen LogP contribution is 2.29. The standard InChI is InChI=1S/C17H18N2/c1-3-17(13-18,15-11-9-14(2)10-12-15)19-16-7-5-4-6-8-16/h4-12,19H,3H2,1-2H3. The minimum absolute atomic E-state index is 0.672. The van der Waals surface area contributed by atoms with Gasteiger partial charge in [0.05, 0.1) is 6.07 Å². The number of anilines is 1. The first-order chi connectivity index (χ1) is 9.20. The van der Waals surface area contributed by atoms with Gasteiger partial charge in [0.15, 0.2) is 5.54 Å². The lowest BCUT2D eigenvalue weighted by molar-refractivity contribution is 0.604. The first-order valence-electron chi connectivity index (χ1n) is 6.52. The highest BCUT2D eigenvalue weighted by atomic mass is 15.0. The lowest BCUT2D eigenvalue weighted by Gasteiger charge is -2.28. The van der Waals surface area contributed by atoms with Gasteiger partial charge >= 0.3 is 0 Å². The van der Waals surface area contributed by atoms with Crippen LogP contribution in [0.15, 0.2) is 54.6 Å². The molecule has 1 atom stereocenters. The van der Waals surface area contributed by atoms with E-state index in [0.29, 0.717) is 6.42 Å². The molecular formula is C17H18N2. The molecule has 0 aliphatic heterocycles. The van der Waals surface area contributed by atoms with E-state index in [2.05, 4.69) is 18.3 Å². The van der Waals surface area contributed by atoms with E-state index >= 15 is 0 Å². The van der Waals surface area contributed by atoms with Crippen molar-refractivity contribution in [3.63, 3.8) is 0 Å². The smallest absolute Gasteiger partial charge is 0.150 e. The maximum absolute atomic E-state index is 9.65. The molecule has 0 spiro atoms. The van der Waals surface area contributed by atoms with Gasteiger partial charge in [-0.25, -0.2) is 0 Å². The molecule has 2 nitrogen and oxygen atoms in total. The molecule has 0 heterocycles. The van der Waals surface area contributed by atoms with Gasteiger partial charge in [-0.1, -0.05) is 55.0 Å². The summed E-state index contributed by atoms with van der Waals surface area (Å²) in [6.45, 7) is 4.08. The summed E-state index contributed by atoms with van der Waals surface area (Å²) in [6, 6.07) is 20.4. The lowest BCUT2D eigenvalue weighted by Crippen LogP contribution is -2.33. The molecule has 2 rings (SSSR count). The molecule has 0 fully saturated rings. The van der Waals surface area contributed by atoms with E-state index in [1.165, 1.54) is 5.56 Å². The SMILES string of the molecule is CCC(C#N)(Nc1ccccc1)c1ccc(C)cc1. The Balaban J connectivity index is 2.38. The van der Waals surface area contributed by atoms with E-state index in [-0.39, 0.29) is 0 Å². The number of nitriles is 1. The fourth-order valence-corrected chi connectivity index (χ4v) is 2.14. The van der Waals surface area contributed by atoms with Crippen LogP contribution in [-0.4, -0.2) is 0 Å². The van der Waals surface area contributed by atoms with Crippen molar-refractivity contribution in [3.05, 3.63) is 65.7 Å². The van der Waals surface area contributed by atoms with Crippen LogP contribution in [0.3, 0.4) is 0 Å². The van der Waals surface area contributed by atoms with Crippen LogP contribution in [0.1, 0.15) is 24.5 Å². The number of para-hydroxylation sites is 1. The minimum Gasteiger partial charge on any atom is -0.364 e. The van der Waals surface area contributed by atoms with Crippen LogP contribution in [0.2, 0.25) is 0 Å². The van der Waals surface area contributed by atoms with Crippen LogP contribution in [0.4, 0.5) is 5.69 Å². The van der Waals surface area contributed by atoms with Crippen LogP contribution in [-0.2, 0) is 5.54 Å². The molecule has 0 bridgehead atoms. The van der Waals surface area contributed by atoms with E-state index in [9.17, 15) is 5.26 Å². The zero-order valence-electron chi connectivity index (χ0n) is 11.4. The van der Waals surface area contributed by atoms with Gasteiger partial charge in [-0.2, -0.15) is 5.26 Å². The molecule has 2 heteroatoms. The first kappa shape index (κ1) is 13.2. The van der Waals surface area contributed by atoms with Crippen LogP contribution >= 0.6 is 0 Å². The van der Waals surface area contributed by atoms with Gasteiger partial charge in [-0.3, -0.25) is 0 Å². The topological polar surface area (TPSA) is 35.8 Å². The average Bonchev–Trinajstić information content (AvgIpc) is 2.47. The van der Waals surface area contributed by atoms with E-state index < -0.39 is 5.54 Å². The molecule has 19 heavy (non-hydrogen) atoms. The van der Waals surface area contributed by atoms with Gasteiger partial charge in [0, 0.05) is 5.69 Å². The largest absolute Gasteiger partial charge is 0.364 e. The molecule has 2 aromatic carbocycles. The van der Waals surface area contributed by atoms with Gasteiger partial charge in [0.2, 0.25) is 0 Å². The maximum Gasteiger partial charge on any atom is 0.150 e. The zero-order chi connectivity index (χ0) is 13.7. The summed E-state index contributed by atoms with van der Waals surface area (Å²) in [6.07, 6.45) is 0.710. The number of hydrogen-bond acceptors (Lipinski definition) is 2. The van der Waals surface area contributed by atoms with Gasteiger partial charge < -0.3 is 5.32 Å². The van der Waals surface area contributed by atoms with Gasteiger partial charge in [0.1, 0.15) is 0 Å². The Hall–Kier alpha value is -2.27. The molecule has 2 aromatic rings. The normalized spacial score (nSPS) is 13.3. The molecule has 0 amide bonds. The van der Waals surface area contributed by atoms with Crippen LogP contribution in [0.5, 0.6) is 0 Å². The van der Waals surface area contributed by atoms with Crippen LogP contribution in [0.25, 0.3) is 0 Å². The third-order valence-corrected chi connectivity index (χ3v) is 3.40. The number of aryl methyl sites for hydroxylation is 1. The second kappa shape index (κ2) is 5.58. The number of nitrogens with zero attached hydrogens (tertiary/aromatic N) is 1. The molecule has 0 radical (unpaired) electrons. The second-order valence-corrected chi connectivity index (χ2v) is 4.73. The van der Waals surface area contributed by atoms with E-state index in [4.69, 9.17) is 0 Å². The number of benzene rings is 2. The summed E-state index contributed by atoms with van der Waals surface area (Å²) in [4.78, 5) is 0. The van der Waals surface area contributed by atoms with Gasteiger partial charge in [-0.05, 0) is 31.0 Å². The number of nitrogens with one attached hydrogen (secondary N) is 1. The second-order valence-electron chi connectivity index (χ2n) is 4.73. The fraction of sp³-hybridized carbons (Fsp3) is 0.235. The predicted octanol–water partition coefficient (Wildman–Crippen LogP) is 4.24. The molecule has 1 N–H and O–H groups in total. The summed E-state index contributed by atoms with van der Waals surface area (Å²) in [5, 5.41) is 13.0. The molecule has 0 aliphatic carbocycles. The van der Waals surface area contributed by atoms with Crippen LogP contribution < -0.4 is 5.32 Å². The Bertz CT molecular complexity index is 566. The van der Waals surface area contributed by atoms with Crippen molar-refractivity contribution in [2.45, 2.75) is 25.8 Å². The van der Waals surface area contributed by atoms with E-state index in [1.807, 2.05) is 61.5 Å². The summed E-state index contributed by atoms with van der Waals surface area (Å²) in [5.41, 5.74) is 2.50. The Morgan fingerprint density at radius 2 is 1.68 bits per heavy atom. The van der Waals surface area contributed by atoms with Crippen molar-refractivity contribution in [2.75, 3.05) is 5.32 Å². The van der Waals surface area contributed by atoms with E-state index in [0.717, 1.165) is 11.3 Å². The average molecular weight is 250 g/mol.